The van der Waals surface area contributed by atoms with E-state index in [4.69, 9.17) is 9.72 Å². The topological polar surface area (TPSA) is 59.4 Å². The summed E-state index contributed by atoms with van der Waals surface area (Å²) in [6.45, 7) is 0.436. The van der Waals surface area contributed by atoms with Crippen LogP contribution >= 0.6 is 0 Å². The molecule has 1 aromatic carbocycles. The van der Waals surface area contributed by atoms with Crippen molar-refractivity contribution in [2.75, 3.05) is 11.9 Å². The standard InChI is InChI=1S/C25H26N4O2/c1-28-21-13-17-7-9-20(26-17)24(21)19-8-10-22(27-25(19)28)29-12-11-18(14-23(29)30)31-15-16-5-3-2-4-6-16/h2-6,8,10-12,14,17,20-21,24,26H,7,9,13,15H2,1H3. The Labute approximate surface area is 181 Å². The first-order valence-electron chi connectivity index (χ1n) is 11.1. The van der Waals surface area contributed by atoms with Gasteiger partial charge in [-0.05, 0) is 37.0 Å². The fourth-order valence-corrected chi connectivity index (χ4v) is 5.61. The maximum Gasteiger partial charge on any atom is 0.259 e. The molecule has 6 heteroatoms. The zero-order valence-corrected chi connectivity index (χ0v) is 17.6. The van der Waals surface area contributed by atoms with E-state index in [1.807, 2.05) is 42.5 Å². The quantitative estimate of drug-likeness (QED) is 0.710. The lowest BCUT2D eigenvalue weighted by atomic mass is 9.85. The van der Waals surface area contributed by atoms with Gasteiger partial charge in [0.05, 0.1) is 0 Å². The van der Waals surface area contributed by atoms with E-state index in [-0.39, 0.29) is 5.56 Å². The Bertz CT molecular complexity index is 1180. The van der Waals surface area contributed by atoms with Crippen LogP contribution in [0.3, 0.4) is 0 Å². The highest BCUT2D eigenvalue weighted by atomic mass is 16.5. The normalized spacial score (nSPS) is 25.9. The van der Waals surface area contributed by atoms with Crippen molar-refractivity contribution in [1.29, 1.82) is 0 Å². The van der Waals surface area contributed by atoms with Gasteiger partial charge in [0.15, 0.2) is 0 Å². The molecule has 3 aliphatic rings. The van der Waals surface area contributed by atoms with Crippen LogP contribution in [0.1, 0.15) is 36.3 Å². The molecule has 3 aromatic rings. The van der Waals surface area contributed by atoms with Gasteiger partial charge >= 0.3 is 0 Å². The molecule has 2 fully saturated rings. The number of aromatic nitrogens is 2. The number of piperidine rings is 1. The number of anilines is 1. The van der Waals surface area contributed by atoms with Gasteiger partial charge in [-0.1, -0.05) is 36.4 Å². The first-order valence-corrected chi connectivity index (χ1v) is 11.1. The van der Waals surface area contributed by atoms with Gasteiger partial charge in [-0.15, -0.1) is 0 Å². The predicted molar refractivity (Wildman–Crippen MR) is 120 cm³/mol. The number of ether oxygens (including phenoxy) is 1. The number of fused-ring (bicyclic) bond motifs is 6. The van der Waals surface area contributed by atoms with Gasteiger partial charge in [-0.25, -0.2) is 4.98 Å². The van der Waals surface area contributed by atoms with E-state index in [1.54, 1.807) is 10.8 Å². The Morgan fingerprint density at radius 1 is 1.13 bits per heavy atom. The van der Waals surface area contributed by atoms with Crippen LogP contribution < -0.4 is 20.5 Å². The number of benzene rings is 1. The molecule has 4 atom stereocenters. The third kappa shape index (κ3) is 3.13. The molecule has 2 bridgehead atoms. The van der Waals surface area contributed by atoms with Crippen molar-refractivity contribution in [1.82, 2.24) is 14.9 Å². The van der Waals surface area contributed by atoms with Crippen LogP contribution in [0, 0.1) is 0 Å². The van der Waals surface area contributed by atoms with Crippen LogP contribution in [-0.2, 0) is 6.61 Å². The van der Waals surface area contributed by atoms with Crippen molar-refractivity contribution < 1.29 is 4.74 Å². The highest BCUT2D eigenvalue weighted by molar-refractivity contribution is 5.59. The molecule has 6 rings (SSSR count). The van der Waals surface area contributed by atoms with Gasteiger partial charge in [0.2, 0.25) is 0 Å². The minimum Gasteiger partial charge on any atom is -0.489 e. The number of hydrogen-bond donors (Lipinski definition) is 1. The van der Waals surface area contributed by atoms with Crippen LogP contribution in [0.4, 0.5) is 5.82 Å². The number of hydrogen-bond acceptors (Lipinski definition) is 5. The van der Waals surface area contributed by atoms with Crippen molar-refractivity contribution in [3.8, 4) is 11.6 Å². The fourth-order valence-electron chi connectivity index (χ4n) is 5.61. The monoisotopic (exact) mass is 414 g/mol. The van der Waals surface area contributed by atoms with Crippen LogP contribution in [-0.4, -0.2) is 34.7 Å². The van der Waals surface area contributed by atoms with Gasteiger partial charge in [0.1, 0.15) is 24.0 Å². The average Bonchev–Trinajstić information content (AvgIpc) is 3.31. The number of likely N-dealkylation sites (N-methyl/N-ethyl adjacent to an activating group) is 1. The molecule has 31 heavy (non-hydrogen) atoms. The highest BCUT2D eigenvalue weighted by Gasteiger charge is 2.49. The Morgan fingerprint density at radius 3 is 2.84 bits per heavy atom. The van der Waals surface area contributed by atoms with E-state index >= 15 is 0 Å². The Balaban J connectivity index is 1.26. The molecular formula is C25H26N4O2. The summed E-state index contributed by atoms with van der Waals surface area (Å²) in [5.74, 6) is 2.72. The lowest BCUT2D eigenvalue weighted by Gasteiger charge is -2.36. The zero-order valence-electron chi connectivity index (χ0n) is 17.6. The van der Waals surface area contributed by atoms with Gasteiger partial charge in [0.25, 0.3) is 5.56 Å². The summed E-state index contributed by atoms with van der Waals surface area (Å²) in [5, 5.41) is 3.78. The van der Waals surface area contributed by atoms with E-state index in [1.165, 1.54) is 24.5 Å². The molecule has 2 saturated heterocycles. The summed E-state index contributed by atoms with van der Waals surface area (Å²) in [4.78, 5) is 20.1. The smallest absolute Gasteiger partial charge is 0.259 e. The predicted octanol–water partition coefficient (Wildman–Crippen LogP) is 3.24. The Kier molecular flexibility index (Phi) is 4.35. The third-order valence-electron chi connectivity index (χ3n) is 7.12. The van der Waals surface area contributed by atoms with Gasteiger partial charge in [-0.3, -0.25) is 9.36 Å². The highest BCUT2D eigenvalue weighted by Crippen LogP contribution is 2.48. The molecule has 0 radical (unpaired) electrons. The first-order chi connectivity index (χ1) is 15.2. The van der Waals surface area contributed by atoms with Crippen molar-refractivity contribution in [2.45, 2.75) is 49.9 Å². The molecule has 4 unspecified atom stereocenters. The van der Waals surface area contributed by atoms with Crippen molar-refractivity contribution in [3.63, 3.8) is 0 Å². The van der Waals surface area contributed by atoms with Gasteiger partial charge < -0.3 is 15.0 Å². The minimum atomic E-state index is -0.142. The van der Waals surface area contributed by atoms with E-state index in [9.17, 15) is 4.79 Å². The second-order valence-electron chi connectivity index (χ2n) is 8.91. The number of rotatable bonds is 4. The van der Waals surface area contributed by atoms with Crippen LogP contribution in [0.5, 0.6) is 5.75 Å². The van der Waals surface area contributed by atoms with E-state index < -0.39 is 0 Å². The summed E-state index contributed by atoms with van der Waals surface area (Å²) < 4.78 is 7.39. The van der Waals surface area contributed by atoms with Crippen molar-refractivity contribution in [2.24, 2.45) is 0 Å². The molecular weight excluding hydrogens is 388 g/mol. The number of nitrogens with one attached hydrogen (secondary N) is 1. The first kappa shape index (κ1) is 18.6. The molecule has 3 aliphatic heterocycles. The van der Waals surface area contributed by atoms with E-state index in [0.717, 1.165) is 17.8 Å². The SMILES string of the molecule is CN1c2nc(-n3ccc(OCc4ccccc4)cc3=O)ccc2C2C3CCC(CC21)N3. The average molecular weight is 415 g/mol. The van der Waals surface area contributed by atoms with Crippen LogP contribution in [0.15, 0.2) is 65.6 Å². The van der Waals surface area contributed by atoms with E-state index in [2.05, 4.69) is 23.3 Å². The molecule has 158 valence electrons. The lowest BCUT2D eigenvalue weighted by molar-refractivity contribution is 0.305. The lowest BCUT2D eigenvalue weighted by Crippen LogP contribution is -2.49. The summed E-state index contributed by atoms with van der Waals surface area (Å²) in [6.07, 6.45) is 5.44. The van der Waals surface area contributed by atoms with Gasteiger partial charge in [0, 0.05) is 48.9 Å². The molecule has 6 nitrogen and oxygen atoms in total. The minimum absolute atomic E-state index is 0.142. The summed E-state index contributed by atoms with van der Waals surface area (Å²) in [7, 11) is 2.15. The number of pyridine rings is 2. The van der Waals surface area contributed by atoms with E-state index in [0.29, 0.717) is 42.2 Å². The van der Waals surface area contributed by atoms with Crippen LogP contribution in [0.25, 0.3) is 5.82 Å². The molecule has 0 saturated carbocycles. The molecule has 5 heterocycles. The zero-order chi connectivity index (χ0) is 20.9. The maximum absolute atomic E-state index is 12.8. The molecule has 0 amide bonds. The second kappa shape index (κ2) is 7.24. The van der Waals surface area contributed by atoms with Crippen LogP contribution in [0.2, 0.25) is 0 Å². The fraction of sp³-hybridized carbons (Fsp3) is 0.360. The molecule has 1 N–H and O–H groups in total. The largest absolute Gasteiger partial charge is 0.489 e. The molecule has 2 aromatic heterocycles. The maximum atomic E-state index is 12.8. The molecule has 0 aliphatic carbocycles. The summed E-state index contributed by atoms with van der Waals surface area (Å²) in [5.41, 5.74) is 2.24. The molecule has 0 spiro atoms. The summed E-state index contributed by atoms with van der Waals surface area (Å²) in [6, 6.07) is 19.1. The van der Waals surface area contributed by atoms with Crippen molar-refractivity contribution in [3.05, 3.63) is 82.3 Å². The summed E-state index contributed by atoms with van der Waals surface area (Å²) >= 11 is 0. The number of nitrogens with zero attached hydrogens (tertiary/aromatic N) is 3. The third-order valence-corrected chi connectivity index (χ3v) is 7.12. The van der Waals surface area contributed by atoms with Crippen molar-refractivity contribution >= 4 is 5.82 Å². The Hall–Kier alpha value is -3.12. The van der Waals surface area contributed by atoms with Gasteiger partial charge in [-0.2, -0.15) is 0 Å². The Morgan fingerprint density at radius 2 is 2.00 bits per heavy atom. The second-order valence-corrected chi connectivity index (χ2v) is 8.91.